The molecule has 4 rings (SSSR count). The number of H-pyrrole nitrogens is 1. The van der Waals surface area contributed by atoms with Crippen LogP contribution < -0.4 is 0 Å². The van der Waals surface area contributed by atoms with Gasteiger partial charge in [0.2, 0.25) is 0 Å². The summed E-state index contributed by atoms with van der Waals surface area (Å²) in [6.07, 6.45) is 5.48. The predicted octanol–water partition coefficient (Wildman–Crippen LogP) is 3.30. The molecular weight excluding hydrogens is 328 g/mol. The van der Waals surface area contributed by atoms with Gasteiger partial charge in [-0.25, -0.2) is 9.78 Å². The molecule has 0 amide bonds. The highest BCUT2D eigenvalue weighted by Crippen LogP contribution is 2.17. The van der Waals surface area contributed by atoms with E-state index in [0.717, 1.165) is 22.1 Å². The van der Waals surface area contributed by atoms with Crippen LogP contribution in [0.15, 0.2) is 48.9 Å². The first-order valence-electron chi connectivity index (χ1n) is 7.24. The number of aromatic amines is 1. The number of carbonyl (C=O) groups is 1. The van der Waals surface area contributed by atoms with E-state index < -0.39 is 0 Å². The Kier molecular flexibility index (Phi) is 4.22. The number of fused-ring (bicyclic) bond motifs is 2. The topological polar surface area (TPSA) is 72.3 Å². The number of nitrogens with zero attached hydrogens (tertiary/aromatic N) is 3. The molecule has 24 heavy (non-hydrogen) atoms. The van der Waals surface area contributed by atoms with Crippen LogP contribution >= 0.6 is 12.4 Å². The SMILES string of the molecule is Cc1ccc2nc(COC(=O)c3cccc4[nH]ncc34)cn2c1.Cl. The van der Waals surface area contributed by atoms with Crippen molar-refractivity contribution < 1.29 is 9.53 Å². The number of esters is 1. The number of carbonyl (C=O) groups excluding carboxylic acids is 1. The Bertz CT molecular complexity index is 1020. The second kappa shape index (κ2) is 6.33. The minimum absolute atomic E-state index is 0. The molecule has 0 atom stereocenters. The Hall–Kier alpha value is -2.86. The van der Waals surface area contributed by atoms with E-state index in [1.807, 2.05) is 41.9 Å². The number of ether oxygens (including phenoxy) is 1. The average Bonchev–Trinajstić information content (AvgIpc) is 3.17. The Morgan fingerprint density at radius 1 is 1.25 bits per heavy atom. The number of hydrogen-bond donors (Lipinski definition) is 1. The Labute approximate surface area is 143 Å². The molecule has 0 aliphatic carbocycles. The van der Waals surface area contributed by atoms with Gasteiger partial charge in [0.25, 0.3) is 0 Å². The van der Waals surface area contributed by atoms with Gasteiger partial charge in [-0.3, -0.25) is 5.10 Å². The van der Waals surface area contributed by atoms with Crippen molar-refractivity contribution in [1.82, 2.24) is 19.6 Å². The smallest absolute Gasteiger partial charge is 0.339 e. The van der Waals surface area contributed by atoms with Crippen LogP contribution in [-0.2, 0) is 11.3 Å². The number of benzene rings is 1. The monoisotopic (exact) mass is 342 g/mol. The molecular formula is C17H15ClN4O2. The first kappa shape index (κ1) is 16.0. The van der Waals surface area contributed by atoms with Crippen molar-refractivity contribution in [2.75, 3.05) is 0 Å². The molecule has 0 spiro atoms. The molecule has 0 saturated heterocycles. The van der Waals surface area contributed by atoms with Crippen LogP contribution in [0.1, 0.15) is 21.6 Å². The number of nitrogens with one attached hydrogen (secondary N) is 1. The number of hydrogen-bond acceptors (Lipinski definition) is 4. The zero-order chi connectivity index (χ0) is 15.8. The minimum Gasteiger partial charge on any atom is -0.455 e. The molecule has 0 bridgehead atoms. The fourth-order valence-corrected chi connectivity index (χ4v) is 2.59. The molecule has 3 aromatic heterocycles. The lowest BCUT2D eigenvalue weighted by molar-refractivity contribution is 0.0470. The summed E-state index contributed by atoms with van der Waals surface area (Å²) in [5.74, 6) is -0.384. The lowest BCUT2D eigenvalue weighted by atomic mass is 10.1. The Morgan fingerprint density at radius 3 is 3.00 bits per heavy atom. The summed E-state index contributed by atoms with van der Waals surface area (Å²) < 4.78 is 7.32. The van der Waals surface area contributed by atoms with E-state index in [0.29, 0.717) is 11.3 Å². The van der Waals surface area contributed by atoms with Crippen molar-refractivity contribution in [3.63, 3.8) is 0 Å². The summed E-state index contributed by atoms with van der Waals surface area (Å²) in [5.41, 5.74) is 3.99. The predicted molar refractivity (Wildman–Crippen MR) is 92.4 cm³/mol. The summed E-state index contributed by atoms with van der Waals surface area (Å²) in [6, 6.07) is 9.33. The van der Waals surface area contributed by atoms with Crippen LogP contribution in [-0.4, -0.2) is 25.6 Å². The van der Waals surface area contributed by atoms with Gasteiger partial charge in [-0.15, -0.1) is 12.4 Å². The van der Waals surface area contributed by atoms with Crippen LogP contribution in [0.25, 0.3) is 16.6 Å². The molecule has 4 aromatic rings. The van der Waals surface area contributed by atoms with Crippen LogP contribution in [0.2, 0.25) is 0 Å². The third kappa shape index (κ3) is 2.83. The molecule has 6 nitrogen and oxygen atoms in total. The van der Waals surface area contributed by atoms with Crippen molar-refractivity contribution in [1.29, 1.82) is 0 Å². The molecule has 0 saturated carbocycles. The highest BCUT2D eigenvalue weighted by molar-refractivity contribution is 6.03. The third-order valence-corrected chi connectivity index (χ3v) is 3.70. The van der Waals surface area contributed by atoms with Crippen molar-refractivity contribution in [3.05, 3.63) is 65.7 Å². The molecule has 0 aliphatic heterocycles. The van der Waals surface area contributed by atoms with E-state index in [1.165, 1.54) is 0 Å². The van der Waals surface area contributed by atoms with Crippen molar-refractivity contribution >= 4 is 34.9 Å². The summed E-state index contributed by atoms with van der Waals surface area (Å²) in [4.78, 5) is 16.7. The molecule has 3 heterocycles. The third-order valence-electron chi connectivity index (χ3n) is 3.70. The fourth-order valence-electron chi connectivity index (χ4n) is 2.59. The van der Waals surface area contributed by atoms with Gasteiger partial charge in [0, 0.05) is 17.8 Å². The largest absolute Gasteiger partial charge is 0.455 e. The number of pyridine rings is 1. The maximum atomic E-state index is 12.3. The van der Waals surface area contributed by atoms with Crippen LogP contribution in [0, 0.1) is 6.92 Å². The van der Waals surface area contributed by atoms with Gasteiger partial charge in [-0.1, -0.05) is 12.1 Å². The second-order valence-electron chi connectivity index (χ2n) is 5.42. The highest BCUT2D eigenvalue weighted by atomic mass is 35.5. The lowest BCUT2D eigenvalue weighted by Crippen LogP contribution is -2.05. The molecule has 1 aromatic carbocycles. The van der Waals surface area contributed by atoms with Gasteiger partial charge in [-0.05, 0) is 30.7 Å². The Morgan fingerprint density at radius 2 is 2.12 bits per heavy atom. The summed E-state index contributed by atoms with van der Waals surface area (Å²) >= 11 is 0. The second-order valence-corrected chi connectivity index (χ2v) is 5.42. The number of rotatable bonds is 3. The standard InChI is InChI=1S/C17H14N4O2.ClH/c1-11-5-6-16-19-12(9-21(16)8-11)10-23-17(22)13-3-2-4-15-14(13)7-18-20-15;/h2-9H,10H2,1H3,(H,18,20);1H. The maximum absolute atomic E-state index is 12.3. The van der Waals surface area contributed by atoms with Gasteiger partial charge in [0.05, 0.1) is 23.0 Å². The van der Waals surface area contributed by atoms with Gasteiger partial charge < -0.3 is 9.14 Å². The quantitative estimate of drug-likeness (QED) is 0.580. The van der Waals surface area contributed by atoms with Crippen LogP contribution in [0.3, 0.4) is 0 Å². The molecule has 0 aliphatic rings. The first-order valence-corrected chi connectivity index (χ1v) is 7.24. The van der Waals surface area contributed by atoms with E-state index >= 15 is 0 Å². The normalized spacial score (nSPS) is 10.7. The molecule has 7 heteroatoms. The minimum atomic E-state index is -0.384. The van der Waals surface area contributed by atoms with Crippen LogP contribution in [0.5, 0.6) is 0 Å². The molecule has 0 fully saturated rings. The lowest BCUT2D eigenvalue weighted by Gasteiger charge is -2.03. The zero-order valence-electron chi connectivity index (χ0n) is 12.9. The number of aromatic nitrogens is 4. The zero-order valence-corrected chi connectivity index (χ0v) is 13.7. The number of halogens is 1. The van der Waals surface area contributed by atoms with Gasteiger partial charge >= 0.3 is 5.97 Å². The van der Waals surface area contributed by atoms with Crippen molar-refractivity contribution in [2.24, 2.45) is 0 Å². The van der Waals surface area contributed by atoms with E-state index in [4.69, 9.17) is 4.74 Å². The van der Waals surface area contributed by atoms with Gasteiger partial charge in [0.1, 0.15) is 12.3 Å². The highest BCUT2D eigenvalue weighted by Gasteiger charge is 2.13. The van der Waals surface area contributed by atoms with Gasteiger partial charge in [0.15, 0.2) is 0 Å². The average molecular weight is 343 g/mol. The summed E-state index contributed by atoms with van der Waals surface area (Å²) in [6.45, 7) is 2.15. The van der Waals surface area contributed by atoms with E-state index in [1.54, 1.807) is 18.3 Å². The summed E-state index contributed by atoms with van der Waals surface area (Å²) in [7, 11) is 0. The number of imidazole rings is 1. The van der Waals surface area contributed by atoms with Crippen LogP contribution in [0.4, 0.5) is 0 Å². The molecule has 122 valence electrons. The van der Waals surface area contributed by atoms with E-state index in [9.17, 15) is 4.79 Å². The van der Waals surface area contributed by atoms with Gasteiger partial charge in [-0.2, -0.15) is 5.10 Å². The summed E-state index contributed by atoms with van der Waals surface area (Å²) in [5, 5.41) is 7.54. The Balaban J connectivity index is 0.00000169. The van der Waals surface area contributed by atoms with E-state index in [-0.39, 0.29) is 25.0 Å². The van der Waals surface area contributed by atoms with E-state index in [2.05, 4.69) is 15.2 Å². The molecule has 0 unspecified atom stereocenters. The molecule has 1 N–H and O–H groups in total. The number of aryl methyl sites for hydroxylation is 1. The first-order chi connectivity index (χ1) is 11.2. The van der Waals surface area contributed by atoms with Crippen molar-refractivity contribution in [3.8, 4) is 0 Å². The fraction of sp³-hybridized carbons (Fsp3) is 0.118. The maximum Gasteiger partial charge on any atom is 0.339 e. The van der Waals surface area contributed by atoms with Crippen molar-refractivity contribution in [2.45, 2.75) is 13.5 Å². The molecule has 0 radical (unpaired) electrons.